The van der Waals surface area contributed by atoms with E-state index in [1.165, 1.54) is 109 Å². The summed E-state index contributed by atoms with van der Waals surface area (Å²) in [6.07, 6.45) is 62.1. The second kappa shape index (κ2) is 29.3. The minimum atomic E-state index is 0.945. The fraction of sp³-hybridized carbons (Fsp3) is 1.00. The lowest BCUT2D eigenvalue weighted by Gasteiger charge is -2.44. The minimum Gasteiger partial charge on any atom is -0.0651 e. The van der Waals surface area contributed by atoms with Crippen molar-refractivity contribution in [3.8, 4) is 0 Å². The van der Waals surface area contributed by atoms with Crippen LogP contribution in [-0.2, 0) is 0 Å². The van der Waals surface area contributed by atoms with Gasteiger partial charge in [-0.1, -0.05) is 184 Å². The van der Waals surface area contributed by atoms with Crippen molar-refractivity contribution in [3.63, 3.8) is 0 Å². The van der Waals surface area contributed by atoms with E-state index in [1.807, 2.05) is 0 Å². The van der Waals surface area contributed by atoms with Crippen molar-refractivity contribution in [2.75, 3.05) is 0 Å². The molecule has 0 aromatic heterocycles. The highest BCUT2D eigenvalue weighted by atomic mass is 14.5. The molecule has 8 fully saturated rings. The highest BCUT2D eigenvalue weighted by molar-refractivity contribution is 4.91. The van der Waals surface area contributed by atoms with Gasteiger partial charge in [0.1, 0.15) is 0 Å². The molecule has 7 atom stereocenters. The summed E-state index contributed by atoms with van der Waals surface area (Å²) >= 11 is 0. The lowest BCUT2D eigenvalue weighted by atomic mass is 9.62. The van der Waals surface area contributed by atoms with Crippen LogP contribution in [0, 0.1) is 136 Å². The van der Waals surface area contributed by atoms with Crippen molar-refractivity contribution >= 4 is 0 Å². The molecule has 0 heteroatoms. The molecule has 0 aliphatic heterocycles. The van der Waals surface area contributed by atoms with Crippen LogP contribution < -0.4 is 0 Å². The summed E-state index contributed by atoms with van der Waals surface area (Å²) in [6.45, 7) is 23.5. The van der Waals surface area contributed by atoms with Crippen molar-refractivity contribution < 1.29 is 0 Å². The molecule has 0 radical (unpaired) electrons. The fourth-order valence-electron chi connectivity index (χ4n) is 20.4. The fourth-order valence-corrected chi connectivity index (χ4v) is 20.4. The van der Waals surface area contributed by atoms with Crippen molar-refractivity contribution in [1.82, 2.24) is 0 Å². The summed E-state index contributed by atoms with van der Waals surface area (Å²) < 4.78 is 0. The summed E-state index contributed by atoms with van der Waals surface area (Å²) in [4.78, 5) is 0. The van der Waals surface area contributed by atoms with Gasteiger partial charge in [0.05, 0.1) is 0 Å². The molecule has 72 heavy (non-hydrogen) atoms. The molecule has 0 amide bonds. The number of hydrogen-bond donors (Lipinski definition) is 0. The molecule has 418 valence electrons. The molecule has 0 nitrogen and oxygen atoms in total. The van der Waals surface area contributed by atoms with Gasteiger partial charge in [-0.2, -0.15) is 0 Å². The molecule has 0 N–H and O–H groups in total. The van der Waals surface area contributed by atoms with Crippen LogP contribution in [0.3, 0.4) is 0 Å². The maximum absolute atomic E-state index is 2.77. The standard InChI is InChI=1S/C72H130/c1-10-58-19-21-61(22-20-58)48-72(49-71(46-57(9)66-35-17-53(5)18-36-66)68-39-25-60(26-40-68)44-55(7)64-31-13-51(3)14-32-64)69-41-27-62(28-42-69)47-70(45-56(8)65-33-15-52(4)16-34-65)67-37-23-59(24-38-67)43-54(6)63-29-11-50(2)12-30-63/h50-72H,10-49H2,1-9H3. The average molecular weight is 996 g/mol. The van der Waals surface area contributed by atoms with Crippen LogP contribution in [0.2, 0.25) is 0 Å². The van der Waals surface area contributed by atoms with Gasteiger partial charge in [-0.25, -0.2) is 0 Å². The van der Waals surface area contributed by atoms with E-state index in [0.29, 0.717) is 0 Å². The molecular formula is C72H130. The van der Waals surface area contributed by atoms with Crippen LogP contribution in [0.4, 0.5) is 0 Å². The minimum absolute atomic E-state index is 0.945. The van der Waals surface area contributed by atoms with E-state index in [-0.39, 0.29) is 0 Å². The van der Waals surface area contributed by atoms with Gasteiger partial charge in [-0.05, 0) is 271 Å². The Labute approximate surface area is 453 Å². The van der Waals surface area contributed by atoms with Crippen molar-refractivity contribution in [3.05, 3.63) is 0 Å². The lowest BCUT2D eigenvalue weighted by molar-refractivity contribution is 0.0721. The van der Waals surface area contributed by atoms with E-state index in [2.05, 4.69) is 62.3 Å². The monoisotopic (exact) mass is 995 g/mol. The predicted molar refractivity (Wildman–Crippen MR) is 316 cm³/mol. The maximum Gasteiger partial charge on any atom is -0.0380 e. The summed E-state index contributed by atoms with van der Waals surface area (Å²) in [5, 5.41) is 0. The summed E-state index contributed by atoms with van der Waals surface area (Å²) in [6, 6.07) is 0. The van der Waals surface area contributed by atoms with Gasteiger partial charge >= 0.3 is 0 Å². The predicted octanol–water partition coefficient (Wildman–Crippen LogP) is 23.1. The zero-order chi connectivity index (χ0) is 50.6. The first-order valence-electron chi connectivity index (χ1n) is 34.8. The lowest BCUT2D eigenvalue weighted by Crippen LogP contribution is -2.33. The van der Waals surface area contributed by atoms with Gasteiger partial charge < -0.3 is 0 Å². The molecule has 7 unspecified atom stereocenters. The average Bonchev–Trinajstić information content (AvgIpc) is 3.39. The van der Waals surface area contributed by atoms with E-state index >= 15 is 0 Å². The highest BCUT2D eigenvalue weighted by Crippen LogP contribution is 2.52. The summed E-state index contributed by atoms with van der Waals surface area (Å²) in [5.41, 5.74) is 0. The van der Waals surface area contributed by atoms with Crippen LogP contribution in [0.25, 0.3) is 0 Å². The molecule has 8 saturated carbocycles. The third kappa shape index (κ3) is 17.5. The van der Waals surface area contributed by atoms with Crippen LogP contribution >= 0.6 is 0 Å². The Morgan fingerprint density at radius 2 is 0.472 bits per heavy atom. The van der Waals surface area contributed by atoms with Crippen LogP contribution in [0.1, 0.15) is 319 Å². The Kier molecular flexibility index (Phi) is 23.7. The van der Waals surface area contributed by atoms with E-state index in [1.54, 1.807) is 148 Å². The van der Waals surface area contributed by atoms with E-state index in [9.17, 15) is 0 Å². The van der Waals surface area contributed by atoms with Crippen molar-refractivity contribution in [1.29, 1.82) is 0 Å². The topological polar surface area (TPSA) is 0 Å². The molecule has 0 saturated heterocycles. The van der Waals surface area contributed by atoms with E-state index in [0.717, 1.165) is 136 Å². The number of rotatable bonds is 22. The first kappa shape index (κ1) is 58.2. The Morgan fingerprint density at radius 1 is 0.236 bits per heavy atom. The van der Waals surface area contributed by atoms with Crippen molar-refractivity contribution in [2.24, 2.45) is 136 Å². The molecule has 8 aliphatic rings. The van der Waals surface area contributed by atoms with Gasteiger partial charge in [-0.15, -0.1) is 0 Å². The number of hydrogen-bond acceptors (Lipinski definition) is 0. The smallest absolute Gasteiger partial charge is 0.0380 e. The highest BCUT2D eigenvalue weighted by Gasteiger charge is 2.40. The second-order valence-corrected chi connectivity index (χ2v) is 31.6. The van der Waals surface area contributed by atoms with E-state index < -0.39 is 0 Å². The molecule has 0 aromatic carbocycles. The Hall–Kier alpha value is 0. The van der Waals surface area contributed by atoms with Crippen LogP contribution in [-0.4, -0.2) is 0 Å². The van der Waals surface area contributed by atoms with Crippen molar-refractivity contribution in [2.45, 2.75) is 319 Å². The molecular weight excluding hydrogens is 865 g/mol. The van der Waals surface area contributed by atoms with Crippen LogP contribution in [0.5, 0.6) is 0 Å². The molecule has 0 heterocycles. The summed E-state index contributed by atoms with van der Waals surface area (Å²) in [7, 11) is 0. The maximum atomic E-state index is 2.77. The van der Waals surface area contributed by atoms with Gasteiger partial charge in [0.2, 0.25) is 0 Å². The van der Waals surface area contributed by atoms with Gasteiger partial charge in [-0.3, -0.25) is 0 Å². The molecule has 8 aliphatic carbocycles. The summed E-state index contributed by atoms with van der Waals surface area (Å²) in [5.74, 6) is 23.1. The quantitative estimate of drug-likeness (QED) is 0.101. The van der Waals surface area contributed by atoms with Gasteiger partial charge in [0, 0.05) is 0 Å². The van der Waals surface area contributed by atoms with Crippen LogP contribution in [0.15, 0.2) is 0 Å². The second-order valence-electron chi connectivity index (χ2n) is 31.6. The van der Waals surface area contributed by atoms with E-state index in [4.69, 9.17) is 0 Å². The Morgan fingerprint density at radius 3 is 0.806 bits per heavy atom. The Bertz CT molecular complexity index is 1410. The molecule has 0 bridgehead atoms. The third-order valence-electron chi connectivity index (χ3n) is 26.3. The zero-order valence-electron chi connectivity index (χ0n) is 50.6. The normalized spacial score (nSPS) is 41.6. The first-order chi connectivity index (χ1) is 34.8. The molecule has 8 rings (SSSR count). The SMILES string of the molecule is CCC1CCC(CC(CC(CC(C)C2CCC(C)CC2)C2CCC(CC(C)C3CCC(C)CC3)CC2)C2CCC(CC(CC(C)C3CCC(C)CC3)C3CCC(CC(C)C4CCC(C)CC4)CC3)CC2)CC1. The zero-order valence-corrected chi connectivity index (χ0v) is 50.6. The Balaban J connectivity index is 0.914. The largest absolute Gasteiger partial charge is 0.0651 e. The molecule has 0 aromatic rings. The molecule has 0 spiro atoms. The van der Waals surface area contributed by atoms with Gasteiger partial charge in [0.25, 0.3) is 0 Å². The van der Waals surface area contributed by atoms with Gasteiger partial charge in [0.15, 0.2) is 0 Å². The third-order valence-corrected chi connectivity index (χ3v) is 26.3. The first-order valence-corrected chi connectivity index (χ1v) is 34.8.